The molecule has 4 nitrogen and oxygen atoms in total. The lowest BCUT2D eigenvalue weighted by Gasteiger charge is -2.19. The minimum absolute atomic E-state index is 0.445. The van der Waals surface area contributed by atoms with Gasteiger partial charge in [-0.3, -0.25) is 4.55 Å². The van der Waals surface area contributed by atoms with Crippen molar-refractivity contribution >= 4 is 77.4 Å². The van der Waals surface area contributed by atoms with E-state index < -0.39 is 15.9 Å². The molecule has 0 saturated heterocycles. The first-order chi connectivity index (χ1) is 14.8. The van der Waals surface area contributed by atoms with Crippen LogP contribution in [-0.4, -0.2) is 19.5 Å². The molecule has 2 heterocycles. The van der Waals surface area contributed by atoms with Crippen molar-refractivity contribution in [3.8, 4) is 0 Å². The van der Waals surface area contributed by atoms with Gasteiger partial charge in [0.05, 0.1) is 10.7 Å². The summed E-state index contributed by atoms with van der Waals surface area (Å²) in [7, 11) is -4.20. The zero-order valence-corrected chi connectivity index (χ0v) is 19.7. The fraction of sp³-hybridized carbons (Fsp3) is 0.130. The van der Waals surface area contributed by atoms with Gasteiger partial charge in [-0.2, -0.15) is 8.42 Å². The van der Waals surface area contributed by atoms with Gasteiger partial charge in [-0.25, -0.2) is 0 Å². The highest BCUT2D eigenvalue weighted by molar-refractivity contribution is 8.04. The van der Waals surface area contributed by atoms with Crippen LogP contribution in [-0.2, 0) is 15.9 Å². The lowest BCUT2D eigenvalue weighted by atomic mass is 10.1. The lowest BCUT2D eigenvalue weighted by molar-refractivity contribution is 0.482. The first-order valence-corrected chi connectivity index (χ1v) is 13.3. The molecule has 31 heavy (non-hydrogen) atoms. The molecule has 0 amide bonds. The topological polar surface area (TPSA) is 57.6 Å². The maximum Gasteiger partial charge on any atom is 0.269 e. The molecule has 0 aliphatic carbocycles. The Kier molecular flexibility index (Phi) is 5.27. The Bertz CT molecular complexity index is 1470. The van der Waals surface area contributed by atoms with Gasteiger partial charge in [-0.05, 0) is 53.6 Å². The molecule has 0 saturated carbocycles. The van der Waals surface area contributed by atoms with E-state index in [1.165, 1.54) is 32.7 Å². The van der Waals surface area contributed by atoms with Gasteiger partial charge in [0.25, 0.3) is 10.1 Å². The molecule has 0 bridgehead atoms. The molecule has 3 aromatic carbocycles. The van der Waals surface area contributed by atoms with Gasteiger partial charge >= 0.3 is 0 Å². The second-order valence-corrected chi connectivity index (χ2v) is 11.3. The minimum Gasteiger partial charge on any atom is -0.335 e. The van der Waals surface area contributed by atoms with Gasteiger partial charge in [-0.1, -0.05) is 53.7 Å². The minimum atomic E-state index is -4.20. The molecule has 0 radical (unpaired) electrons. The first kappa shape index (κ1) is 20.8. The van der Waals surface area contributed by atoms with Crippen molar-refractivity contribution in [2.45, 2.75) is 17.6 Å². The molecule has 0 fully saturated rings. The highest BCUT2D eigenvalue weighted by Gasteiger charge is 2.27. The zero-order valence-electron chi connectivity index (χ0n) is 16.5. The van der Waals surface area contributed by atoms with Crippen LogP contribution < -0.4 is 4.90 Å². The summed E-state index contributed by atoms with van der Waals surface area (Å²) >= 11 is 9.35. The molecule has 1 N–H and O–H groups in total. The normalized spacial score (nSPS) is 15.3. The fourth-order valence-electron chi connectivity index (χ4n) is 4.00. The van der Waals surface area contributed by atoms with Gasteiger partial charge in [0.1, 0.15) is 5.75 Å². The average molecular weight is 488 g/mol. The van der Waals surface area contributed by atoms with E-state index in [0.29, 0.717) is 10.6 Å². The fourth-order valence-corrected chi connectivity index (χ4v) is 7.34. The van der Waals surface area contributed by atoms with Crippen molar-refractivity contribution < 1.29 is 13.0 Å². The van der Waals surface area contributed by atoms with Gasteiger partial charge in [0.15, 0.2) is 0 Å². The summed E-state index contributed by atoms with van der Waals surface area (Å²) in [6.07, 6.45) is 2.03. The summed E-state index contributed by atoms with van der Waals surface area (Å²) in [5, 5.41) is 4.70. The molecular weight excluding hydrogens is 470 g/mol. The third-order valence-corrected chi connectivity index (χ3v) is 8.44. The quantitative estimate of drug-likeness (QED) is 0.313. The Hall–Kier alpha value is -2.03. The summed E-state index contributed by atoms with van der Waals surface area (Å²) in [6, 6.07) is 18.0. The number of hydrogen-bond donors (Lipinski definition) is 1. The predicted molar refractivity (Wildman–Crippen MR) is 133 cm³/mol. The second kappa shape index (κ2) is 7.83. The van der Waals surface area contributed by atoms with Crippen LogP contribution in [0.1, 0.15) is 17.4 Å². The van der Waals surface area contributed by atoms with Crippen LogP contribution in [0.25, 0.3) is 26.9 Å². The highest BCUT2D eigenvalue weighted by atomic mass is 35.5. The number of rotatable bonds is 4. The van der Waals surface area contributed by atoms with E-state index in [4.69, 9.17) is 11.6 Å². The summed E-state index contributed by atoms with van der Waals surface area (Å²) < 4.78 is 34.0. The molecule has 1 aromatic heterocycles. The summed E-state index contributed by atoms with van der Waals surface area (Å²) in [5.74, 6) is -0.445. The van der Waals surface area contributed by atoms with Crippen molar-refractivity contribution in [1.29, 1.82) is 0 Å². The molecule has 1 aliphatic rings. The molecule has 1 aliphatic heterocycles. The van der Waals surface area contributed by atoms with Crippen molar-refractivity contribution in [2.75, 3.05) is 11.4 Å². The van der Waals surface area contributed by atoms with E-state index in [-0.39, 0.29) is 0 Å². The first-order valence-electron chi connectivity index (χ1n) is 9.69. The van der Waals surface area contributed by atoms with Crippen LogP contribution in [0, 0.1) is 0 Å². The summed E-state index contributed by atoms with van der Waals surface area (Å²) in [4.78, 5) is 4.25. The number of thioether (sulfide) groups is 1. The molecule has 0 unspecified atom stereocenters. The van der Waals surface area contributed by atoms with Crippen molar-refractivity contribution in [2.24, 2.45) is 0 Å². The van der Waals surface area contributed by atoms with Gasteiger partial charge < -0.3 is 4.90 Å². The Labute approximate surface area is 193 Å². The molecular formula is C23H18ClNO3S3. The Morgan fingerprint density at radius 1 is 1.10 bits per heavy atom. The van der Waals surface area contributed by atoms with Gasteiger partial charge in [0, 0.05) is 31.4 Å². The lowest BCUT2D eigenvalue weighted by Crippen LogP contribution is -2.16. The van der Waals surface area contributed by atoms with Crippen LogP contribution in [0.5, 0.6) is 0 Å². The van der Waals surface area contributed by atoms with E-state index in [1.807, 2.05) is 24.3 Å². The van der Waals surface area contributed by atoms with E-state index in [1.54, 1.807) is 23.9 Å². The molecule has 4 aromatic rings. The van der Waals surface area contributed by atoms with Gasteiger partial charge in [-0.15, -0.1) is 11.3 Å². The SMILES string of the molecule is CCN1C(=Cc2sc3ccc(Cl)cc3c2CS(=O)(=O)O)Sc2ccc3ccccc3c21. The van der Waals surface area contributed by atoms with Crippen LogP contribution in [0.4, 0.5) is 5.69 Å². The summed E-state index contributed by atoms with van der Waals surface area (Å²) in [6.45, 7) is 2.89. The predicted octanol–water partition coefficient (Wildman–Crippen LogP) is 7.03. The average Bonchev–Trinajstić information content (AvgIpc) is 3.25. The van der Waals surface area contributed by atoms with Crippen LogP contribution >= 0.6 is 34.7 Å². The Balaban J connectivity index is 1.68. The number of anilines is 1. The second-order valence-electron chi connectivity index (χ2n) is 7.27. The highest BCUT2D eigenvalue weighted by Crippen LogP contribution is 2.50. The smallest absolute Gasteiger partial charge is 0.269 e. The standard InChI is InChI=1S/C23H18ClNO3S3/c1-2-25-22(30-20-9-7-14-5-3-4-6-16(14)23(20)25)12-21-18(13-31(26,27)28)17-11-15(24)8-10-19(17)29-21/h3-12H,2,13H2,1H3,(H,26,27,28). The number of hydrogen-bond acceptors (Lipinski definition) is 5. The Morgan fingerprint density at radius 3 is 2.68 bits per heavy atom. The zero-order chi connectivity index (χ0) is 21.8. The number of thiophene rings is 1. The largest absolute Gasteiger partial charge is 0.335 e. The molecule has 8 heteroatoms. The van der Waals surface area contributed by atoms with Gasteiger partial charge in [0.2, 0.25) is 0 Å². The van der Waals surface area contributed by atoms with Crippen molar-refractivity contribution in [3.05, 3.63) is 75.1 Å². The third-order valence-electron chi connectivity index (χ3n) is 5.30. The number of halogens is 1. The summed E-state index contributed by atoms with van der Waals surface area (Å²) in [5.41, 5.74) is 1.76. The monoisotopic (exact) mass is 487 g/mol. The van der Waals surface area contributed by atoms with Crippen LogP contribution in [0.2, 0.25) is 5.02 Å². The molecule has 0 atom stereocenters. The van der Waals surface area contributed by atoms with Crippen LogP contribution in [0.3, 0.4) is 0 Å². The van der Waals surface area contributed by atoms with E-state index in [0.717, 1.165) is 26.5 Å². The van der Waals surface area contributed by atoms with E-state index >= 15 is 0 Å². The third kappa shape index (κ3) is 3.85. The number of fused-ring (bicyclic) bond motifs is 4. The maximum atomic E-state index is 11.8. The number of nitrogens with zero attached hydrogens (tertiary/aromatic N) is 1. The van der Waals surface area contributed by atoms with Crippen LogP contribution in [0.15, 0.2) is 64.5 Å². The molecule has 0 spiro atoms. The molecule has 158 valence electrons. The maximum absolute atomic E-state index is 11.8. The Morgan fingerprint density at radius 2 is 1.90 bits per heavy atom. The molecule has 5 rings (SSSR count). The number of benzene rings is 3. The van der Waals surface area contributed by atoms with Crippen molar-refractivity contribution in [3.63, 3.8) is 0 Å². The van der Waals surface area contributed by atoms with Crippen molar-refractivity contribution in [1.82, 2.24) is 0 Å². The van der Waals surface area contributed by atoms with E-state index in [9.17, 15) is 13.0 Å². The van der Waals surface area contributed by atoms with E-state index in [2.05, 4.69) is 36.1 Å².